The molecule has 1 aliphatic rings. The molecule has 1 heterocycles. The molecule has 0 saturated carbocycles. The van der Waals surface area contributed by atoms with Crippen molar-refractivity contribution in [2.45, 2.75) is 19.8 Å². The zero-order chi connectivity index (χ0) is 13.7. The SMILES string of the molecule is CC1=C(CCc2ccccc2)N(CC(=O)O)NN=N1. The number of hydrogen-bond acceptors (Lipinski definition) is 5. The summed E-state index contributed by atoms with van der Waals surface area (Å²) < 4.78 is 0. The van der Waals surface area contributed by atoms with Gasteiger partial charge in [0.25, 0.3) is 0 Å². The smallest absolute Gasteiger partial charge is 0.325 e. The van der Waals surface area contributed by atoms with Gasteiger partial charge < -0.3 is 5.11 Å². The van der Waals surface area contributed by atoms with Crippen LogP contribution in [0.25, 0.3) is 0 Å². The highest BCUT2D eigenvalue weighted by Gasteiger charge is 2.18. The Balaban J connectivity index is 2.06. The Morgan fingerprint density at radius 1 is 1.32 bits per heavy atom. The molecule has 19 heavy (non-hydrogen) atoms. The van der Waals surface area contributed by atoms with Gasteiger partial charge in [-0.1, -0.05) is 35.6 Å². The van der Waals surface area contributed by atoms with Crippen molar-refractivity contribution in [1.29, 1.82) is 0 Å². The minimum atomic E-state index is -0.908. The number of nitrogens with zero attached hydrogens (tertiary/aromatic N) is 3. The molecule has 0 unspecified atom stereocenters. The molecular weight excluding hydrogens is 244 g/mol. The van der Waals surface area contributed by atoms with Crippen molar-refractivity contribution in [1.82, 2.24) is 10.5 Å². The fraction of sp³-hybridized carbons (Fsp3) is 0.308. The Morgan fingerprint density at radius 3 is 2.74 bits per heavy atom. The molecule has 0 fully saturated rings. The third kappa shape index (κ3) is 3.54. The lowest BCUT2D eigenvalue weighted by atomic mass is 10.1. The second-order valence-electron chi connectivity index (χ2n) is 4.30. The van der Waals surface area contributed by atoms with Gasteiger partial charge in [0.1, 0.15) is 6.54 Å². The Bertz CT molecular complexity index is 511. The summed E-state index contributed by atoms with van der Waals surface area (Å²) in [6, 6.07) is 10.1. The zero-order valence-corrected chi connectivity index (χ0v) is 10.7. The number of hydrazine groups is 1. The lowest BCUT2D eigenvalue weighted by Gasteiger charge is -2.27. The molecule has 1 aromatic carbocycles. The normalized spacial score (nSPS) is 14.5. The van der Waals surface area contributed by atoms with E-state index in [0.717, 1.165) is 24.2 Å². The monoisotopic (exact) mass is 260 g/mol. The molecule has 1 aliphatic heterocycles. The van der Waals surface area contributed by atoms with Crippen LogP contribution in [0.1, 0.15) is 18.9 Å². The summed E-state index contributed by atoms with van der Waals surface area (Å²) in [5.74, 6) is -0.908. The highest BCUT2D eigenvalue weighted by atomic mass is 16.4. The maximum Gasteiger partial charge on any atom is 0.325 e. The van der Waals surface area contributed by atoms with Gasteiger partial charge >= 0.3 is 5.97 Å². The Hall–Kier alpha value is -2.37. The van der Waals surface area contributed by atoms with Crippen LogP contribution >= 0.6 is 0 Å². The van der Waals surface area contributed by atoms with Crippen LogP contribution in [0.15, 0.2) is 52.1 Å². The van der Waals surface area contributed by atoms with Crippen molar-refractivity contribution in [2.75, 3.05) is 6.54 Å². The standard InChI is InChI=1S/C13H16N4O2/c1-10-12(8-7-11-5-3-2-4-6-11)17(9-13(18)19)16-15-14-10/h2-6H,7-9H2,1H3,(H,14,16)(H,18,19). The van der Waals surface area contributed by atoms with Crippen LogP contribution in [0.3, 0.4) is 0 Å². The largest absolute Gasteiger partial charge is 0.480 e. The molecule has 0 radical (unpaired) electrons. The summed E-state index contributed by atoms with van der Waals surface area (Å²) in [7, 11) is 0. The van der Waals surface area contributed by atoms with E-state index in [9.17, 15) is 4.79 Å². The molecule has 1 aromatic rings. The number of carboxylic acid groups (broad SMARTS) is 1. The van der Waals surface area contributed by atoms with Crippen LogP contribution < -0.4 is 5.53 Å². The minimum absolute atomic E-state index is 0.138. The number of carboxylic acids is 1. The van der Waals surface area contributed by atoms with Crippen molar-refractivity contribution in [3.8, 4) is 0 Å². The number of aryl methyl sites for hydroxylation is 1. The van der Waals surface area contributed by atoms with E-state index in [1.807, 2.05) is 25.1 Å². The molecular formula is C13H16N4O2. The van der Waals surface area contributed by atoms with E-state index in [0.29, 0.717) is 0 Å². The number of nitrogens with one attached hydrogen (secondary N) is 1. The molecule has 0 atom stereocenters. The van der Waals surface area contributed by atoms with Gasteiger partial charge in [-0.25, -0.2) is 0 Å². The fourth-order valence-electron chi connectivity index (χ4n) is 1.95. The van der Waals surface area contributed by atoms with E-state index in [4.69, 9.17) is 5.11 Å². The topological polar surface area (TPSA) is 77.3 Å². The first-order valence-electron chi connectivity index (χ1n) is 6.06. The maximum atomic E-state index is 10.8. The minimum Gasteiger partial charge on any atom is -0.480 e. The molecule has 0 bridgehead atoms. The van der Waals surface area contributed by atoms with E-state index >= 15 is 0 Å². The zero-order valence-electron chi connectivity index (χ0n) is 10.7. The molecule has 0 spiro atoms. The molecule has 0 amide bonds. The molecule has 2 rings (SSSR count). The van der Waals surface area contributed by atoms with Gasteiger partial charge in [0.15, 0.2) is 0 Å². The quantitative estimate of drug-likeness (QED) is 0.850. The van der Waals surface area contributed by atoms with Crippen molar-refractivity contribution in [3.63, 3.8) is 0 Å². The molecule has 0 saturated heterocycles. The molecule has 6 heteroatoms. The average molecular weight is 260 g/mol. The second kappa shape index (κ2) is 5.99. The van der Waals surface area contributed by atoms with Crippen LogP contribution in [0.5, 0.6) is 0 Å². The van der Waals surface area contributed by atoms with Crippen molar-refractivity contribution in [3.05, 3.63) is 47.3 Å². The highest BCUT2D eigenvalue weighted by molar-refractivity contribution is 5.69. The number of hydrogen-bond donors (Lipinski definition) is 2. The summed E-state index contributed by atoms with van der Waals surface area (Å²) in [4.78, 5) is 10.8. The Kier molecular flexibility index (Phi) is 4.12. The predicted octanol–water partition coefficient (Wildman–Crippen LogP) is 2.12. The molecule has 0 aromatic heterocycles. The first kappa shape index (κ1) is 13.1. The second-order valence-corrected chi connectivity index (χ2v) is 4.30. The van der Waals surface area contributed by atoms with Gasteiger partial charge in [-0.3, -0.25) is 9.80 Å². The first-order valence-corrected chi connectivity index (χ1v) is 6.06. The van der Waals surface area contributed by atoms with Gasteiger partial charge in [0.2, 0.25) is 0 Å². The van der Waals surface area contributed by atoms with E-state index < -0.39 is 5.97 Å². The van der Waals surface area contributed by atoms with Gasteiger partial charge in [-0.2, -0.15) is 5.53 Å². The summed E-state index contributed by atoms with van der Waals surface area (Å²) >= 11 is 0. The first-order chi connectivity index (χ1) is 9.16. The molecule has 6 nitrogen and oxygen atoms in total. The van der Waals surface area contributed by atoms with Gasteiger partial charge in [-0.15, -0.1) is 5.11 Å². The molecule has 0 aliphatic carbocycles. The maximum absolute atomic E-state index is 10.8. The van der Waals surface area contributed by atoms with Crippen LogP contribution in [0, 0.1) is 0 Å². The Morgan fingerprint density at radius 2 is 2.05 bits per heavy atom. The average Bonchev–Trinajstić information content (AvgIpc) is 2.38. The van der Waals surface area contributed by atoms with Crippen molar-refractivity contribution < 1.29 is 9.90 Å². The lowest BCUT2D eigenvalue weighted by molar-refractivity contribution is -0.138. The number of carbonyl (C=O) groups is 1. The van der Waals surface area contributed by atoms with Gasteiger partial charge in [-0.05, 0) is 25.3 Å². The van der Waals surface area contributed by atoms with E-state index in [2.05, 4.69) is 28.0 Å². The van der Waals surface area contributed by atoms with E-state index in [-0.39, 0.29) is 6.54 Å². The van der Waals surface area contributed by atoms with Crippen LogP contribution in [0.2, 0.25) is 0 Å². The number of benzene rings is 1. The third-order valence-corrected chi connectivity index (χ3v) is 2.90. The van der Waals surface area contributed by atoms with Crippen molar-refractivity contribution in [2.24, 2.45) is 10.3 Å². The number of rotatable bonds is 5. The van der Waals surface area contributed by atoms with Crippen molar-refractivity contribution >= 4 is 5.97 Å². The van der Waals surface area contributed by atoms with E-state index in [1.165, 1.54) is 10.6 Å². The summed E-state index contributed by atoms with van der Waals surface area (Å²) in [5, 5.41) is 18.0. The summed E-state index contributed by atoms with van der Waals surface area (Å²) in [6.45, 7) is 1.69. The predicted molar refractivity (Wildman–Crippen MR) is 69.8 cm³/mol. The number of allylic oxidation sites excluding steroid dienone is 2. The fourth-order valence-corrected chi connectivity index (χ4v) is 1.95. The molecule has 2 N–H and O–H groups in total. The Labute approximate surface area is 111 Å². The summed E-state index contributed by atoms with van der Waals surface area (Å²) in [5.41, 5.74) is 5.44. The van der Waals surface area contributed by atoms with Crippen LogP contribution in [-0.2, 0) is 11.2 Å². The van der Waals surface area contributed by atoms with Crippen LogP contribution in [-0.4, -0.2) is 22.6 Å². The lowest BCUT2D eigenvalue weighted by Crippen LogP contribution is -2.39. The van der Waals surface area contributed by atoms with Crippen LogP contribution in [0.4, 0.5) is 0 Å². The van der Waals surface area contributed by atoms with Gasteiger partial charge in [0.05, 0.1) is 11.4 Å². The highest BCUT2D eigenvalue weighted by Crippen LogP contribution is 2.19. The van der Waals surface area contributed by atoms with E-state index in [1.54, 1.807) is 0 Å². The third-order valence-electron chi connectivity index (χ3n) is 2.90. The summed E-state index contributed by atoms with van der Waals surface area (Å²) in [6.07, 6.45) is 1.55. The number of aliphatic carboxylic acids is 1. The van der Waals surface area contributed by atoms with Gasteiger partial charge in [0, 0.05) is 0 Å². The molecule has 100 valence electrons.